The maximum Gasteiger partial charge on any atom is 0.573 e. The highest BCUT2D eigenvalue weighted by molar-refractivity contribution is 5.37. The van der Waals surface area contributed by atoms with E-state index in [1.54, 1.807) is 12.1 Å². The van der Waals surface area contributed by atoms with Crippen LogP contribution in [0, 0.1) is 11.7 Å². The summed E-state index contributed by atoms with van der Waals surface area (Å²) in [5.74, 6) is 0.143. The summed E-state index contributed by atoms with van der Waals surface area (Å²) < 4.78 is 55.7. The number of hydrogen-bond acceptors (Lipinski definition) is 1. The molecule has 0 saturated heterocycles. The molecule has 2 aromatic carbocycles. The molecule has 164 valence electrons. The summed E-state index contributed by atoms with van der Waals surface area (Å²) in [6.07, 6.45) is 4.99. The summed E-state index contributed by atoms with van der Waals surface area (Å²) in [7, 11) is 0. The molecule has 0 N–H and O–H groups in total. The molecule has 2 aromatic rings. The van der Waals surface area contributed by atoms with Crippen molar-refractivity contribution >= 4 is 0 Å². The van der Waals surface area contributed by atoms with E-state index < -0.39 is 6.36 Å². The fraction of sp³-hybridized carbons (Fsp3) is 0.520. The van der Waals surface area contributed by atoms with E-state index in [9.17, 15) is 17.6 Å². The van der Waals surface area contributed by atoms with Crippen LogP contribution in [0.15, 0.2) is 36.4 Å². The Morgan fingerprint density at radius 3 is 2.53 bits per heavy atom. The summed E-state index contributed by atoms with van der Waals surface area (Å²) in [5, 5.41) is 0. The van der Waals surface area contributed by atoms with Crippen molar-refractivity contribution in [2.75, 3.05) is 0 Å². The molecule has 1 aliphatic carbocycles. The average Bonchev–Trinajstić information content (AvgIpc) is 2.69. The van der Waals surface area contributed by atoms with Crippen molar-refractivity contribution in [1.82, 2.24) is 0 Å². The van der Waals surface area contributed by atoms with Crippen molar-refractivity contribution in [3.8, 4) is 5.75 Å². The highest BCUT2D eigenvalue weighted by Gasteiger charge is 2.31. The number of alkyl halides is 3. The Labute approximate surface area is 176 Å². The average molecular weight is 423 g/mol. The van der Waals surface area contributed by atoms with E-state index in [4.69, 9.17) is 0 Å². The van der Waals surface area contributed by atoms with Crippen molar-refractivity contribution in [3.05, 3.63) is 64.5 Å². The van der Waals surface area contributed by atoms with Gasteiger partial charge in [0.05, 0.1) is 0 Å². The number of aryl methyl sites for hydroxylation is 3. The molecule has 0 heterocycles. The second-order valence-electron chi connectivity index (χ2n) is 8.36. The predicted molar refractivity (Wildman–Crippen MR) is 111 cm³/mol. The second-order valence-corrected chi connectivity index (χ2v) is 8.36. The van der Waals surface area contributed by atoms with Crippen molar-refractivity contribution in [1.29, 1.82) is 0 Å². The highest BCUT2D eigenvalue weighted by Crippen LogP contribution is 2.33. The Bertz CT molecular complexity index is 828. The Balaban J connectivity index is 1.51. The van der Waals surface area contributed by atoms with Gasteiger partial charge in [0.2, 0.25) is 0 Å². The molecule has 0 fully saturated rings. The lowest BCUT2D eigenvalue weighted by atomic mass is 9.81. The summed E-state index contributed by atoms with van der Waals surface area (Å²) in [4.78, 5) is 0. The third kappa shape index (κ3) is 6.75. The minimum Gasteiger partial charge on any atom is -0.406 e. The monoisotopic (exact) mass is 422 g/mol. The molecule has 0 spiro atoms. The third-order valence-electron chi connectivity index (χ3n) is 6.00. The van der Waals surface area contributed by atoms with Gasteiger partial charge in [-0.1, -0.05) is 44.4 Å². The van der Waals surface area contributed by atoms with E-state index in [1.165, 1.54) is 31.4 Å². The topological polar surface area (TPSA) is 9.23 Å². The van der Waals surface area contributed by atoms with Crippen molar-refractivity contribution < 1.29 is 22.3 Å². The Morgan fingerprint density at radius 2 is 1.80 bits per heavy atom. The molecule has 0 saturated carbocycles. The molecule has 3 rings (SSSR count). The van der Waals surface area contributed by atoms with E-state index in [-0.39, 0.29) is 11.6 Å². The molecule has 5 heteroatoms. The van der Waals surface area contributed by atoms with Gasteiger partial charge in [0.15, 0.2) is 0 Å². The zero-order chi connectivity index (χ0) is 21.6. The van der Waals surface area contributed by atoms with Crippen molar-refractivity contribution in [3.63, 3.8) is 0 Å². The summed E-state index contributed by atoms with van der Waals surface area (Å²) in [5.41, 5.74) is 3.82. The Kier molecular flexibility index (Phi) is 7.79. The van der Waals surface area contributed by atoms with Gasteiger partial charge in [-0.15, -0.1) is 13.2 Å². The number of benzene rings is 2. The lowest BCUT2D eigenvalue weighted by Crippen LogP contribution is -2.19. The minimum atomic E-state index is -4.67. The van der Waals surface area contributed by atoms with Crippen LogP contribution in [0.2, 0.25) is 0 Å². The largest absolute Gasteiger partial charge is 0.573 e. The third-order valence-corrected chi connectivity index (χ3v) is 6.00. The van der Waals surface area contributed by atoms with Crippen LogP contribution < -0.4 is 4.74 Å². The molecule has 1 unspecified atom stereocenters. The van der Waals surface area contributed by atoms with E-state index in [1.807, 2.05) is 12.1 Å². The molecular weight excluding hydrogens is 392 g/mol. The maximum absolute atomic E-state index is 14.5. The zero-order valence-corrected chi connectivity index (χ0v) is 17.5. The predicted octanol–water partition coefficient (Wildman–Crippen LogP) is 7.58. The number of rotatable bonds is 9. The van der Waals surface area contributed by atoms with Gasteiger partial charge in [0, 0.05) is 0 Å². The first-order valence-electron chi connectivity index (χ1n) is 11.0. The van der Waals surface area contributed by atoms with Gasteiger partial charge in [-0.05, 0) is 91.3 Å². The molecule has 30 heavy (non-hydrogen) atoms. The van der Waals surface area contributed by atoms with Crippen molar-refractivity contribution in [2.24, 2.45) is 5.92 Å². The van der Waals surface area contributed by atoms with E-state index >= 15 is 0 Å². The molecule has 1 nitrogen and oxygen atoms in total. The van der Waals surface area contributed by atoms with Gasteiger partial charge in [-0.25, -0.2) is 4.39 Å². The molecular formula is C25H30F4O. The summed E-state index contributed by atoms with van der Waals surface area (Å²) in [6.45, 7) is 2.18. The van der Waals surface area contributed by atoms with Gasteiger partial charge in [-0.2, -0.15) is 0 Å². The number of halogens is 4. The number of ether oxygens (including phenoxy) is 1. The first-order chi connectivity index (χ1) is 14.3. The smallest absolute Gasteiger partial charge is 0.406 e. The van der Waals surface area contributed by atoms with Crippen LogP contribution in [0.1, 0.15) is 67.7 Å². The molecule has 0 aliphatic heterocycles. The highest BCUT2D eigenvalue weighted by atomic mass is 19.4. The Hall–Kier alpha value is -2.04. The lowest BCUT2D eigenvalue weighted by Gasteiger charge is -2.25. The number of fused-ring (bicyclic) bond motifs is 1. The van der Waals surface area contributed by atoms with Crippen LogP contribution in [-0.4, -0.2) is 6.36 Å². The summed E-state index contributed by atoms with van der Waals surface area (Å²) >= 11 is 0. The normalized spacial score (nSPS) is 16.4. The van der Waals surface area contributed by atoms with Crippen LogP contribution in [-0.2, 0) is 25.7 Å². The lowest BCUT2D eigenvalue weighted by molar-refractivity contribution is -0.274. The molecule has 0 amide bonds. The summed E-state index contributed by atoms with van der Waals surface area (Å²) in [6, 6.07) is 10.3. The minimum absolute atomic E-state index is 0.117. The fourth-order valence-electron chi connectivity index (χ4n) is 4.31. The first kappa shape index (κ1) is 22.6. The number of unbranched alkanes of at least 4 members (excludes halogenated alkanes) is 3. The van der Waals surface area contributed by atoms with Gasteiger partial charge < -0.3 is 4.74 Å². The molecule has 1 atom stereocenters. The quantitative estimate of drug-likeness (QED) is 0.299. The second kappa shape index (κ2) is 10.3. The molecule has 0 bridgehead atoms. The fourth-order valence-corrected chi connectivity index (χ4v) is 4.31. The molecule has 1 aliphatic rings. The van der Waals surface area contributed by atoms with Crippen LogP contribution in [0.4, 0.5) is 17.6 Å². The van der Waals surface area contributed by atoms with Gasteiger partial charge in [-0.3, -0.25) is 0 Å². The van der Waals surface area contributed by atoms with E-state index in [2.05, 4.69) is 11.7 Å². The Morgan fingerprint density at radius 1 is 0.967 bits per heavy atom. The van der Waals surface area contributed by atoms with Crippen LogP contribution in [0.5, 0.6) is 5.75 Å². The van der Waals surface area contributed by atoms with Crippen LogP contribution in [0.3, 0.4) is 0 Å². The maximum atomic E-state index is 14.5. The zero-order valence-electron chi connectivity index (χ0n) is 17.5. The van der Waals surface area contributed by atoms with E-state index in [0.29, 0.717) is 12.3 Å². The standard InChI is InChI=1S/C25H30F4O/c1-2-3-4-5-6-18-7-10-20(24(26)16-18)11-8-19-9-12-22-17-23(30-25(27,28)29)14-13-21(22)15-19/h7,10,13-14,16-17,19H,2-6,8-9,11-12,15H2,1H3. The molecule has 0 radical (unpaired) electrons. The van der Waals surface area contributed by atoms with Crippen molar-refractivity contribution in [2.45, 2.75) is 77.5 Å². The van der Waals surface area contributed by atoms with Gasteiger partial charge >= 0.3 is 6.36 Å². The SMILES string of the molecule is CCCCCCc1ccc(CCC2CCc3cc(OC(F)(F)F)ccc3C2)c(F)c1. The van der Waals surface area contributed by atoms with Crippen LogP contribution >= 0.6 is 0 Å². The van der Waals surface area contributed by atoms with Gasteiger partial charge in [0.25, 0.3) is 0 Å². The van der Waals surface area contributed by atoms with Crippen LogP contribution in [0.25, 0.3) is 0 Å². The number of hydrogen-bond donors (Lipinski definition) is 0. The van der Waals surface area contributed by atoms with Gasteiger partial charge in [0.1, 0.15) is 11.6 Å². The van der Waals surface area contributed by atoms with E-state index in [0.717, 1.165) is 60.8 Å². The molecule has 0 aromatic heterocycles. The first-order valence-corrected chi connectivity index (χ1v) is 11.0.